The van der Waals surface area contributed by atoms with E-state index >= 15 is 0 Å². The molecule has 0 atom stereocenters. The van der Waals surface area contributed by atoms with Crippen LogP contribution in [0.1, 0.15) is 68.1 Å². The lowest BCUT2D eigenvalue weighted by molar-refractivity contribution is 0.0889. The SMILES string of the molecule is CC(C)(C)c1ccc(C(=O)NC2CCC(Oc3nccnc3C#N)CC2)cc1. The number of nitrogens with zero attached hydrogens (tertiary/aromatic N) is 3. The molecule has 0 spiro atoms. The monoisotopic (exact) mass is 378 g/mol. The Balaban J connectivity index is 1.51. The van der Waals surface area contributed by atoms with Gasteiger partial charge >= 0.3 is 0 Å². The molecule has 1 aliphatic carbocycles. The molecule has 1 aromatic carbocycles. The summed E-state index contributed by atoms with van der Waals surface area (Å²) in [4.78, 5) is 20.6. The van der Waals surface area contributed by atoms with Gasteiger partial charge in [0.15, 0.2) is 0 Å². The second-order valence-corrected chi connectivity index (χ2v) is 8.21. The van der Waals surface area contributed by atoms with Crippen LogP contribution >= 0.6 is 0 Å². The Morgan fingerprint density at radius 2 is 1.75 bits per heavy atom. The van der Waals surface area contributed by atoms with Gasteiger partial charge in [-0.2, -0.15) is 5.26 Å². The molecule has 0 radical (unpaired) electrons. The molecule has 6 heteroatoms. The first-order valence-corrected chi connectivity index (χ1v) is 9.66. The van der Waals surface area contributed by atoms with Crippen LogP contribution in [0.4, 0.5) is 0 Å². The highest BCUT2D eigenvalue weighted by Gasteiger charge is 2.25. The highest BCUT2D eigenvalue weighted by Crippen LogP contribution is 2.25. The van der Waals surface area contributed by atoms with Crippen molar-refractivity contribution in [2.75, 3.05) is 0 Å². The second kappa shape index (κ2) is 8.39. The van der Waals surface area contributed by atoms with Crippen LogP contribution in [0, 0.1) is 11.3 Å². The normalized spacial score (nSPS) is 19.5. The minimum atomic E-state index is -0.0366. The van der Waals surface area contributed by atoms with Crippen LogP contribution in [-0.4, -0.2) is 28.0 Å². The van der Waals surface area contributed by atoms with Crippen molar-refractivity contribution in [3.8, 4) is 11.9 Å². The molecule has 1 fully saturated rings. The smallest absolute Gasteiger partial charge is 0.251 e. The maximum Gasteiger partial charge on any atom is 0.251 e. The van der Waals surface area contributed by atoms with E-state index in [-0.39, 0.29) is 35.0 Å². The summed E-state index contributed by atoms with van der Waals surface area (Å²) in [6.07, 6.45) is 6.25. The van der Waals surface area contributed by atoms with Crippen molar-refractivity contribution < 1.29 is 9.53 Å². The van der Waals surface area contributed by atoms with Crippen molar-refractivity contribution in [3.05, 3.63) is 53.5 Å². The summed E-state index contributed by atoms with van der Waals surface area (Å²) in [6.45, 7) is 6.47. The van der Waals surface area contributed by atoms with Gasteiger partial charge in [0, 0.05) is 24.0 Å². The number of ether oxygens (including phenoxy) is 1. The molecule has 0 unspecified atom stereocenters. The van der Waals surface area contributed by atoms with Crippen LogP contribution in [0.3, 0.4) is 0 Å². The first kappa shape index (κ1) is 19.8. The van der Waals surface area contributed by atoms with Gasteiger partial charge in [-0.3, -0.25) is 4.79 Å². The van der Waals surface area contributed by atoms with E-state index in [2.05, 4.69) is 36.1 Å². The number of rotatable bonds is 4. The maximum absolute atomic E-state index is 12.5. The molecule has 0 saturated heterocycles. The summed E-state index contributed by atoms with van der Waals surface area (Å²) < 4.78 is 5.85. The zero-order valence-corrected chi connectivity index (χ0v) is 16.6. The van der Waals surface area contributed by atoms with Gasteiger partial charge < -0.3 is 10.1 Å². The molecule has 3 rings (SSSR count). The van der Waals surface area contributed by atoms with Gasteiger partial charge in [-0.25, -0.2) is 9.97 Å². The predicted octanol–water partition coefficient (Wildman–Crippen LogP) is 3.77. The number of carbonyl (C=O) groups is 1. The van der Waals surface area contributed by atoms with E-state index in [9.17, 15) is 4.79 Å². The lowest BCUT2D eigenvalue weighted by atomic mass is 9.86. The van der Waals surface area contributed by atoms with Crippen LogP contribution in [0.2, 0.25) is 0 Å². The molecule has 0 aliphatic heterocycles. The van der Waals surface area contributed by atoms with E-state index in [0.29, 0.717) is 5.56 Å². The van der Waals surface area contributed by atoms with E-state index in [0.717, 1.165) is 25.7 Å². The maximum atomic E-state index is 12.5. The first-order valence-electron chi connectivity index (χ1n) is 9.66. The number of hydrogen-bond donors (Lipinski definition) is 1. The minimum Gasteiger partial charge on any atom is -0.472 e. The fourth-order valence-electron chi connectivity index (χ4n) is 3.36. The number of amides is 1. The highest BCUT2D eigenvalue weighted by atomic mass is 16.5. The average molecular weight is 378 g/mol. The largest absolute Gasteiger partial charge is 0.472 e. The van der Waals surface area contributed by atoms with Gasteiger partial charge in [0.05, 0.1) is 0 Å². The lowest BCUT2D eigenvalue weighted by Gasteiger charge is -2.29. The topological polar surface area (TPSA) is 87.9 Å². The molecule has 0 bridgehead atoms. The standard InChI is InChI=1S/C22H26N4O2/c1-22(2,3)16-6-4-15(5-7-16)20(27)26-17-8-10-18(11-9-17)28-21-19(14-23)24-12-13-25-21/h4-7,12-13,17-18H,8-11H2,1-3H3,(H,26,27). The molecule has 1 saturated carbocycles. The number of carbonyl (C=O) groups excluding carboxylic acids is 1. The Labute approximate surface area is 166 Å². The van der Waals surface area contributed by atoms with E-state index in [1.54, 1.807) is 0 Å². The Morgan fingerprint density at radius 3 is 2.36 bits per heavy atom. The third kappa shape index (κ3) is 4.86. The first-order chi connectivity index (χ1) is 13.4. The van der Waals surface area contributed by atoms with Gasteiger partial charge in [-0.15, -0.1) is 0 Å². The van der Waals surface area contributed by atoms with Gasteiger partial charge in [-0.05, 0) is 48.8 Å². The van der Waals surface area contributed by atoms with Crippen molar-refractivity contribution in [3.63, 3.8) is 0 Å². The molecule has 6 nitrogen and oxygen atoms in total. The van der Waals surface area contributed by atoms with E-state index in [1.807, 2.05) is 30.3 Å². The Hall–Kier alpha value is -2.94. The van der Waals surface area contributed by atoms with E-state index < -0.39 is 0 Å². The van der Waals surface area contributed by atoms with Crippen LogP contribution in [0.25, 0.3) is 0 Å². The number of hydrogen-bond acceptors (Lipinski definition) is 5. The van der Waals surface area contributed by atoms with Gasteiger partial charge in [0.2, 0.25) is 5.69 Å². The summed E-state index contributed by atoms with van der Waals surface area (Å²) >= 11 is 0. The van der Waals surface area contributed by atoms with E-state index in [1.165, 1.54) is 18.0 Å². The zero-order chi connectivity index (χ0) is 20.1. The van der Waals surface area contributed by atoms with Crippen LogP contribution < -0.4 is 10.1 Å². The molecule has 2 aromatic rings. The number of benzene rings is 1. The number of aromatic nitrogens is 2. The van der Waals surface area contributed by atoms with E-state index in [4.69, 9.17) is 10.00 Å². The molecule has 1 aliphatic rings. The summed E-state index contributed by atoms with van der Waals surface area (Å²) in [5.41, 5.74) is 2.17. The lowest BCUT2D eigenvalue weighted by Crippen LogP contribution is -2.39. The molecule has 1 amide bonds. The Bertz CT molecular complexity index is 857. The van der Waals surface area contributed by atoms with Gasteiger partial charge in [-0.1, -0.05) is 32.9 Å². The average Bonchev–Trinajstić information content (AvgIpc) is 2.69. The quantitative estimate of drug-likeness (QED) is 0.875. The summed E-state index contributed by atoms with van der Waals surface area (Å²) in [6, 6.07) is 9.95. The number of nitriles is 1. The molecular weight excluding hydrogens is 352 g/mol. The van der Waals surface area contributed by atoms with Gasteiger partial charge in [0.1, 0.15) is 12.2 Å². The fraction of sp³-hybridized carbons (Fsp3) is 0.455. The van der Waals surface area contributed by atoms with Crippen molar-refractivity contribution in [1.82, 2.24) is 15.3 Å². The number of nitrogens with one attached hydrogen (secondary N) is 1. The van der Waals surface area contributed by atoms with Crippen LogP contribution in [-0.2, 0) is 5.41 Å². The zero-order valence-electron chi connectivity index (χ0n) is 16.6. The molecular formula is C22H26N4O2. The van der Waals surface area contributed by atoms with Crippen molar-refractivity contribution in [2.24, 2.45) is 0 Å². The predicted molar refractivity (Wildman–Crippen MR) is 106 cm³/mol. The van der Waals surface area contributed by atoms with Gasteiger partial charge in [0.25, 0.3) is 11.8 Å². The summed E-state index contributed by atoms with van der Waals surface area (Å²) in [5, 5.41) is 12.2. The molecule has 146 valence electrons. The van der Waals surface area contributed by atoms with Crippen LogP contribution in [0.15, 0.2) is 36.7 Å². The van der Waals surface area contributed by atoms with Crippen LogP contribution in [0.5, 0.6) is 5.88 Å². The third-order valence-electron chi connectivity index (χ3n) is 5.07. The second-order valence-electron chi connectivity index (χ2n) is 8.21. The fourth-order valence-corrected chi connectivity index (χ4v) is 3.36. The summed E-state index contributed by atoms with van der Waals surface area (Å²) in [7, 11) is 0. The third-order valence-corrected chi connectivity index (χ3v) is 5.07. The summed E-state index contributed by atoms with van der Waals surface area (Å²) in [5.74, 6) is 0.252. The van der Waals surface area contributed by atoms with Crippen molar-refractivity contribution in [1.29, 1.82) is 5.26 Å². The molecule has 1 N–H and O–H groups in total. The highest BCUT2D eigenvalue weighted by molar-refractivity contribution is 5.94. The Kier molecular flexibility index (Phi) is 5.93. The molecule has 28 heavy (non-hydrogen) atoms. The van der Waals surface area contributed by atoms with Crippen molar-refractivity contribution >= 4 is 5.91 Å². The molecule has 1 heterocycles. The molecule has 1 aromatic heterocycles. The minimum absolute atomic E-state index is 0.0111. The van der Waals surface area contributed by atoms with Crippen molar-refractivity contribution in [2.45, 2.75) is 64.0 Å². The Morgan fingerprint density at radius 1 is 1.11 bits per heavy atom.